The lowest BCUT2D eigenvalue weighted by atomic mass is 10.2. The van der Waals surface area contributed by atoms with E-state index in [9.17, 15) is 9.59 Å². The number of aromatic nitrogens is 2. The number of nitrogens with one attached hydrogen (secondary N) is 1. The second-order valence-corrected chi connectivity index (χ2v) is 6.26. The van der Waals surface area contributed by atoms with Crippen LogP contribution in [0, 0.1) is 13.8 Å². The van der Waals surface area contributed by atoms with Crippen molar-refractivity contribution in [3.8, 4) is 5.69 Å². The molecule has 0 atom stereocenters. The lowest BCUT2D eigenvalue weighted by Gasteiger charge is -2.18. The maximum Gasteiger partial charge on any atom is 0.317 e. The molecule has 0 aliphatic carbocycles. The summed E-state index contributed by atoms with van der Waals surface area (Å²) in [7, 11) is 0. The predicted molar refractivity (Wildman–Crippen MR) is 101 cm³/mol. The summed E-state index contributed by atoms with van der Waals surface area (Å²) in [5.74, 6) is -1.02. The van der Waals surface area contributed by atoms with Crippen LogP contribution in [0.15, 0.2) is 30.3 Å². The first-order valence-corrected chi connectivity index (χ1v) is 8.78. The summed E-state index contributed by atoms with van der Waals surface area (Å²) in [5, 5.41) is 16.4. The Morgan fingerprint density at radius 2 is 1.88 bits per heavy atom. The van der Waals surface area contributed by atoms with Crippen molar-refractivity contribution >= 4 is 17.6 Å². The van der Waals surface area contributed by atoms with Gasteiger partial charge in [-0.2, -0.15) is 5.10 Å². The van der Waals surface area contributed by atoms with Gasteiger partial charge in [-0.3, -0.25) is 14.5 Å². The third-order valence-electron chi connectivity index (χ3n) is 4.11. The molecule has 1 aromatic heterocycles. The summed E-state index contributed by atoms with van der Waals surface area (Å²) in [5.41, 5.74) is 3.25. The molecule has 2 N–H and O–H groups in total. The highest BCUT2D eigenvalue weighted by Crippen LogP contribution is 2.22. The standard InChI is InChI=1S/C19H26N4O3/c1-4-11-22(13-18(25)26)12-10-17(24)20-19-14(2)21-23(15(19)3)16-8-6-5-7-9-16/h5-9H,4,10-13H2,1-3H3,(H,20,24)(H,25,26). The van der Waals surface area contributed by atoms with Crippen LogP contribution < -0.4 is 5.32 Å². The van der Waals surface area contributed by atoms with E-state index < -0.39 is 5.97 Å². The van der Waals surface area contributed by atoms with Gasteiger partial charge in [0.15, 0.2) is 0 Å². The summed E-state index contributed by atoms with van der Waals surface area (Å²) in [6, 6.07) is 9.74. The van der Waals surface area contributed by atoms with Crippen LogP contribution >= 0.6 is 0 Å². The molecule has 26 heavy (non-hydrogen) atoms. The van der Waals surface area contributed by atoms with Crippen LogP contribution in [-0.2, 0) is 9.59 Å². The van der Waals surface area contributed by atoms with E-state index in [0.29, 0.717) is 18.8 Å². The molecule has 1 amide bonds. The topological polar surface area (TPSA) is 87.5 Å². The lowest BCUT2D eigenvalue weighted by molar-refractivity contribution is -0.138. The Balaban J connectivity index is 2.03. The maximum atomic E-state index is 12.3. The molecule has 7 heteroatoms. The van der Waals surface area contributed by atoms with Crippen molar-refractivity contribution in [2.24, 2.45) is 0 Å². The van der Waals surface area contributed by atoms with Crippen LogP contribution in [0.5, 0.6) is 0 Å². The van der Waals surface area contributed by atoms with Crippen molar-refractivity contribution in [2.75, 3.05) is 25.0 Å². The first-order chi connectivity index (χ1) is 12.4. The van der Waals surface area contributed by atoms with E-state index in [2.05, 4.69) is 10.4 Å². The SMILES string of the molecule is CCCN(CCC(=O)Nc1c(C)nn(-c2ccccc2)c1C)CC(=O)O. The molecular weight excluding hydrogens is 332 g/mol. The number of carboxylic acids is 1. The Morgan fingerprint density at radius 1 is 1.19 bits per heavy atom. The number of carboxylic acid groups (broad SMARTS) is 1. The number of anilines is 1. The number of hydrogen-bond donors (Lipinski definition) is 2. The van der Waals surface area contributed by atoms with Crippen molar-refractivity contribution in [1.29, 1.82) is 0 Å². The molecule has 140 valence electrons. The van der Waals surface area contributed by atoms with Crippen LogP contribution in [0.3, 0.4) is 0 Å². The van der Waals surface area contributed by atoms with Gasteiger partial charge in [-0.15, -0.1) is 0 Å². The predicted octanol–water partition coefficient (Wildman–Crippen LogP) is 2.61. The normalized spacial score (nSPS) is 10.9. The molecule has 1 heterocycles. The van der Waals surface area contributed by atoms with Gasteiger partial charge in [-0.25, -0.2) is 4.68 Å². The van der Waals surface area contributed by atoms with Gasteiger partial charge in [0.05, 0.1) is 29.3 Å². The molecule has 2 rings (SSSR count). The van der Waals surface area contributed by atoms with Gasteiger partial charge in [0.2, 0.25) is 5.91 Å². The van der Waals surface area contributed by atoms with Gasteiger partial charge in [0, 0.05) is 13.0 Å². The molecule has 0 saturated carbocycles. The van der Waals surface area contributed by atoms with Gasteiger partial charge >= 0.3 is 5.97 Å². The number of aliphatic carboxylic acids is 1. The fourth-order valence-electron chi connectivity index (χ4n) is 2.88. The van der Waals surface area contributed by atoms with Crippen LogP contribution in [0.2, 0.25) is 0 Å². The zero-order valence-electron chi connectivity index (χ0n) is 15.5. The summed E-state index contributed by atoms with van der Waals surface area (Å²) in [6.45, 7) is 6.78. The molecule has 0 unspecified atom stereocenters. The van der Waals surface area contributed by atoms with E-state index in [4.69, 9.17) is 5.11 Å². The lowest BCUT2D eigenvalue weighted by Crippen LogP contribution is -2.33. The molecular formula is C19H26N4O3. The average Bonchev–Trinajstić information content (AvgIpc) is 2.88. The molecule has 0 aliphatic heterocycles. The van der Waals surface area contributed by atoms with Crippen molar-refractivity contribution in [3.05, 3.63) is 41.7 Å². The fourth-order valence-corrected chi connectivity index (χ4v) is 2.88. The molecule has 0 radical (unpaired) electrons. The van der Waals surface area contributed by atoms with Crippen LogP contribution in [-0.4, -0.2) is 51.3 Å². The molecule has 0 aliphatic rings. The van der Waals surface area contributed by atoms with Crippen molar-refractivity contribution in [1.82, 2.24) is 14.7 Å². The molecule has 7 nitrogen and oxygen atoms in total. The van der Waals surface area contributed by atoms with Crippen LogP contribution in [0.1, 0.15) is 31.2 Å². The maximum absolute atomic E-state index is 12.3. The second kappa shape index (κ2) is 9.15. The molecule has 0 bridgehead atoms. The number of carbonyl (C=O) groups excluding carboxylic acids is 1. The van der Waals surface area contributed by atoms with Gasteiger partial charge < -0.3 is 10.4 Å². The Hall–Kier alpha value is -2.67. The molecule has 0 fully saturated rings. The number of para-hydroxylation sites is 1. The molecule has 1 aromatic carbocycles. The van der Waals surface area contributed by atoms with Crippen molar-refractivity contribution in [2.45, 2.75) is 33.6 Å². The van der Waals surface area contributed by atoms with E-state index in [1.165, 1.54) is 0 Å². The highest BCUT2D eigenvalue weighted by molar-refractivity contribution is 5.92. The Kier molecular flexibility index (Phi) is 6.91. The number of hydrogen-bond acceptors (Lipinski definition) is 4. The monoisotopic (exact) mass is 358 g/mol. The third kappa shape index (κ3) is 5.16. The van der Waals surface area contributed by atoms with Crippen LogP contribution in [0.4, 0.5) is 5.69 Å². The van der Waals surface area contributed by atoms with E-state index >= 15 is 0 Å². The number of benzene rings is 1. The zero-order chi connectivity index (χ0) is 19.1. The molecule has 0 spiro atoms. The van der Waals surface area contributed by atoms with E-state index in [-0.39, 0.29) is 18.9 Å². The van der Waals surface area contributed by atoms with Gasteiger partial charge in [0.1, 0.15) is 0 Å². The Labute approximate surface area is 153 Å². The van der Waals surface area contributed by atoms with Crippen molar-refractivity contribution < 1.29 is 14.7 Å². The Bertz CT molecular complexity index is 756. The number of amides is 1. The summed E-state index contributed by atoms with van der Waals surface area (Å²) < 4.78 is 1.80. The fraction of sp³-hybridized carbons (Fsp3) is 0.421. The number of carbonyl (C=O) groups is 2. The molecule has 2 aromatic rings. The number of rotatable bonds is 9. The first kappa shape index (κ1) is 19.7. The number of aryl methyl sites for hydroxylation is 1. The zero-order valence-corrected chi connectivity index (χ0v) is 15.5. The smallest absolute Gasteiger partial charge is 0.317 e. The average molecular weight is 358 g/mol. The number of nitrogens with zero attached hydrogens (tertiary/aromatic N) is 3. The quantitative estimate of drug-likeness (QED) is 0.719. The largest absolute Gasteiger partial charge is 0.480 e. The minimum atomic E-state index is -0.880. The summed E-state index contributed by atoms with van der Waals surface area (Å²) >= 11 is 0. The van der Waals surface area contributed by atoms with E-state index in [1.807, 2.05) is 51.1 Å². The third-order valence-corrected chi connectivity index (χ3v) is 4.11. The van der Waals surface area contributed by atoms with Gasteiger partial charge in [-0.1, -0.05) is 25.1 Å². The summed E-state index contributed by atoms with van der Waals surface area (Å²) in [6.07, 6.45) is 1.08. The highest BCUT2D eigenvalue weighted by atomic mass is 16.4. The Morgan fingerprint density at radius 3 is 2.50 bits per heavy atom. The van der Waals surface area contributed by atoms with Crippen molar-refractivity contribution in [3.63, 3.8) is 0 Å². The highest BCUT2D eigenvalue weighted by Gasteiger charge is 2.16. The first-order valence-electron chi connectivity index (χ1n) is 8.78. The van der Waals surface area contributed by atoms with Gasteiger partial charge in [-0.05, 0) is 38.9 Å². The van der Waals surface area contributed by atoms with E-state index in [0.717, 1.165) is 23.5 Å². The minimum Gasteiger partial charge on any atom is -0.480 e. The van der Waals surface area contributed by atoms with Gasteiger partial charge in [0.25, 0.3) is 0 Å². The minimum absolute atomic E-state index is 0.0505. The second-order valence-electron chi connectivity index (χ2n) is 6.26. The summed E-state index contributed by atoms with van der Waals surface area (Å²) in [4.78, 5) is 25.0. The van der Waals surface area contributed by atoms with Crippen LogP contribution in [0.25, 0.3) is 5.69 Å². The van der Waals surface area contributed by atoms with E-state index in [1.54, 1.807) is 9.58 Å². The molecule has 0 saturated heterocycles.